The summed E-state index contributed by atoms with van der Waals surface area (Å²) in [6, 6.07) is 0. The molecule has 0 saturated carbocycles. The Kier molecular flexibility index (Phi) is 5.60. The Balaban J connectivity index is 2.56. The van der Waals surface area contributed by atoms with Crippen LogP contribution in [0.1, 0.15) is 34.1 Å². The van der Waals surface area contributed by atoms with Gasteiger partial charge in [-0.15, -0.1) is 0 Å². The predicted octanol–water partition coefficient (Wildman–Crippen LogP) is 1.51. The van der Waals surface area contributed by atoms with E-state index in [4.69, 9.17) is 4.74 Å². The third-order valence-electron chi connectivity index (χ3n) is 4.07. The molecule has 1 fully saturated rings. The summed E-state index contributed by atoms with van der Waals surface area (Å²) >= 11 is 0. The molecule has 2 unspecified atom stereocenters. The normalized spacial score (nSPS) is 24.2. The van der Waals surface area contributed by atoms with Gasteiger partial charge in [-0.3, -0.25) is 4.79 Å². The zero-order valence-corrected chi connectivity index (χ0v) is 12.5. The summed E-state index contributed by atoms with van der Waals surface area (Å²) in [5, 5.41) is 3.12. The highest BCUT2D eigenvalue weighted by atomic mass is 16.5. The van der Waals surface area contributed by atoms with Gasteiger partial charge >= 0.3 is 5.97 Å². The van der Waals surface area contributed by atoms with E-state index in [2.05, 4.69) is 24.1 Å². The maximum atomic E-state index is 12.0. The molecule has 2 atom stereocenters. The number of nitrogens with zero attached hydrogens (tertiary/aromatic N) is 1. The zero-order valence-electron chi connectivity index (χ0n) is 12.5. The van der Waals surface area contributed by atoms with Crippen molar-refractivity contribution in [2.24, 2.45) is 11.8 Å². The van der Waals surface area contributed by atoms with Crippen molar-refractivity contribution >= 4 is 5.97 Å². The van der Waals surface area contributed by atoms with E-state index in [9.17, 15) is 4.79 Å². The molecule has 0 radical (unpaired) electrons. The molecule has 18 heavy (non-hydrogen) atoms. The maximum absolute atomic E-state index is 12.0. The van der Waals surface area contributed by atoms with Gasteiger partial charge in [0, 0.05) is 13.1 Å². The summed E-state index contributed by atoms with van der Waals surface area (Å²) in [5.74, 6) is 1.33. The van der Waals surface area contributed by atoms with Crippen LogP contribution in [0, 0.1) is 11.8 Å². The standard InChI is InChI=1S/C14H28N2O2/c1-6-18-13(17)14(4,15-5)10-16-8-7-12(9-16)11(2)3/h11-12,15H,6-10H2,1-5H3. The monoisotopic (exact) mass is 256 g/mol. The van der Waals surface area contributed by atoms with Crippen LogP contribution in [0.4, 0.5) is 0 Å². The van der Waals surface area contributed by atoms with Gasteiger partial charge < -0.3 is 15.0 Å². The van der Waals surface area contributed by atoms with E-state index < -0.39 is 5.54 Å². The van der Waals surface area contributed by atoms with Crippen molar-refractivity contribution in [1.29, 1.82) is 0 Å². The first-order valence-corrected chi connectivity index (χ1v) is 7.01. The van der Waals surface area contributed by atoms with Crippen LogP contribution in [-0.4, -0.2) is 49.7 Å². The molecule has 1 N–H and O–H groups in total. The summed E-state index contributed by atoms with van der Waals surface area (Å²) in [6.45, 7) is 11.7. The molecule has 1 rings (SSSR count). The summed E-state index contributed by atoms with van der Waals surface area (Å²) in [7, 11) is 1.83. The van der Waals surface area contributed by atoms with Crippen LogP contribution < -0.4 is 5.32 Å². The molecular formula is C14H28N2O2. The Morgan fingerprint density at radius 1 is 1.56 bits per heavy atom. The Hall–Kier alpha value is -0.610. The molecule has 0 aliphatic carbocycles. The number of esters is 1. The van der Waals surface area contributed by atoms with Gasteiger partial charge in [-0.2, -0.15) is 0 Å². The summed E-state index contributed by atoms with van der Waals surface area (Å²) in [5.41, 5.74) is -0.595. The Morgan fingerprint density at radius 2 is 2.22 bits per heavy atom. The molecule has 0 amide bonds. The highest BCUT2D eigenvalue weighted by Crippen LogP contribution is 2.25. The number of likely N-dealkylation sites (N-methyl/N-ethyl adjacent to an activating group) is 1. The lowest BCUT2D eigenvalue weighted by molar-refractivity contribution is -0.151. The average Bonchev–Trinajstić information content (AvgIpc) is 2.77. The van der Waals surface area contributed by atoms with E-state index in [1.54, 1.807) is 0 Å². The number of nitrogens with one attached hydrogen (secondary N) is 1. The number of ether oxygens (including phenoxy) is 1. The Labute approximate surface area is 111 Å². The number of hydrogen-bond donors (Lipinski definition) is 1. The SMILES string of the molecule is CCOC(=O)C(C)(CN1CCC(C(C)C)C1)NC. The second-order valence-corrected chi connectivity index (χ2v) is 5.83. The summed E-state index contributed by atoms with van der Waals surface area (Å²) in [6.07, 6.45) is 1.24. The molecule has 0 aromatic carbocycles. The van der Waals surface area contributed by atoms with E-state index >= 15 is 0 Å². The Bertz CT molecular complexity index is 281. The van der Waals surface area contributed by atoms with Crippen molar-refractivity contribution in [1.82, 2.24) is 10.2 Å². The molecule has 106 valence electrons. The van der Waals surface area contributed by atoms with Crippen molar-refractivity contribution in [3.8, 4) is 0 Å². The van der Waals surface area contributed by atoms with E-state index in [1.165, 1.54) is 6.42 Å². The fourth-order valence-corrected chi connectivity index (χ4v) is 2.53. The fraction of sp³-hybridized carbons (Fsp3) is 0.929. The molecule has 1 aliphatic rings. The van der Waals surface area contributed by atoms with E-state index in [0.29, 0.717) is 6.61 Å². The molecule has 1 heterocycles. The summed E-state index contributed by atoms with van der Waals surface area (Å²) < 4.78 is 5.15. The van der Waals surface area contributed by atoms with E-state index in [0.717, 1.165) is 31.5 Å². The van der Waals surface area contributed by atoms with Crippen molar-refractivity contribution in [2.75, 3.05) is 33.3 Å². The van der Waals surface area contributed by atoms with Gasteiger partial charge in [-0.05, 0) is 45.7 Å². The molecule has 0 aromatic rings. The molecular weight excluding hydrogens is 228 g/mol. The lowest BCUT2D eigenvalue weighted by Crippen LogP contribution is -2.56. The largest absolute Gasteiger partial charge is 0.465 e. The first-order chi connectivity index (χ1) is 8.42. The summed E-state index contributed by atoms with van der Waals surface area (Å²) in [4.78, 5) is 14.4. The minimum absolute atomic E-state index is 0.152. The molecule has 4 heteroatoms. The molecule has 0 aromatic heterocycles. The smallest absolute Gasteiger partial charge is 0.327 e. The number of carbonyl (C=O) groups excluding carboxylic acids is 1. The minimum Gasteiger partial charge on any atom is -0.465 e. The van der Waals surface area contributed by atoms with Gasteiger partial charge in [-0.25, -0.2) is 0 Å². The molecule has 4 nitrogen and oxygen atoms in total. The number of rotatable bonds is 6. The van der Waals surface area contributed by atoms with Gasteiger partial charge in [0.2, 0.25) is 0 Å². The van der Waals surface area contributed by atoms with Crippen LogP contribution in [0.3, 0.4) is 0 Å². The maximum Gasteiger partial charge on any atom is 0.327 e. The number of carbonyl (C=O) groups is 1. The lowest BCUT2D eigenvalue weighted by atomic mass is 9.95. The van der Waals surface area contributed by atoms with Gasteiger partial charge in [0.1, 0.15) is 5.54 Å². The second-order valence-electron chi connectivity index (χ2n) is 5.83. The van der Waals surface area contributed by atoms with Gasteiger partial charge in [0.05, 0.1) is 6.61 Å². The van der Waals surface area contributed by atoms with Crippen LogP contribution in [0.2, 0.25) is 0 Å². The number of likely N-dealkylation sites (tertiary alicyclic amines) is 1. The van der Waals surface area contributed by atoms with Crippen LogP contribution in [0.15, 0.2) is 0 Å². The van der Waals surface area contributed by atoms with Crippen LogP contribution in [-0.2, 0) is 9.53 Å². The van der Waals surface area contributed by atoms with E-state index in [1.807, 2.05) is 20.9 Å². The predicted molar refractivity (Wildman–Crippen MR) is 73.5 cm³/mol. The van der Waals surface area contributed by atoms with Gasteiger partial charge in [-0.1, -0.05) is 13.8 Å². The zero-order chi connectivity index (χ0) is 13.8. The highest BCUT2D eigenvalue weighted by molar-refractivity contribution is 5.80. The lowest BCUT2D eigenvalue weighted by Gasteiger charge is -2.31. The van der Waals surface area contributed by atoms with Crippen LogP contribution in [0.25, 0.3) is 0 Å². The van der Waals surface area contributed by atoms with Crippen molar-refractivity contribution in [2.45, 2.75) is 39.7 Å². The van der Waals surface area contributed by atoms with Gasteiger partial charge in [0.15, 0.2) is 0 Å². The Morgan fingerprint density at radius 3 is 2.67 bits per heavy atom. The van der Waals surface area contributed by atoms with Crippen LogP contribution >= 0.6 is 0 Å². The first-order valence-electron chi connectivity index (χ1n) is 7.01. The first kappa shape index (κ1) is 15.4. The molecule has 0 bridgehead atoms. The molecule has 1 aliphatic heterocycles. The number of hydrogen-bond acceptors (Lipinski definition) is 4. The topological polar surface area (TPSA) is 41.6 Å². The molecule has 0 spiro atoms. The van der Waals surface area contributed by atoms with Crippen molar-refractivity contribution < 1.29 is 9.53 Å². The average molecular weight is 256 g/mol. The highest BCUT2D eigenvalue weighted by Gasteiger charge is 2.37. The second kappa shape index (κ2) is 6.53. The third kappa shape index (κ3) is 3.69. The quantitative estimate of drug-likeness (QED) is 0.731. The fourth-order valence-electron chi connectivity index (χ4n) is 2.53. The van der Waals surface area contributed by atoms with Crippen molar-refractivity contribution in [3.05, 3.63) is 0 Å². The van der Waals surface area contributed by atoms with Crippen LogP contribution in [0.5, 0.6) is 0 Å². The molecule has 1 saturated heterocycles. The minimum atomic E-state index is -0.595. The third-order valence-corrected chi connectivity index (χ3v) is 4.07. The van der Waals surface area contributed by atoms with Gasteiger partial charge in [0.25, 0.3) is 0 Å². The van der Waals surface area contributed by atoms with E-state index in [-0.39, 0.29) is 5.97 Å². The van der Waals surface area contributed by atoms with Crippen molar-refractivity contribution in [3.63, 3.8) is 0 Å².